The number of carbonyl (C=O) groups is 6. The summed E-state index contributed by atoms with van der Waals surface area (Å²) in [6.45, 7) is 3.53. The number of rotatable bonds is 16. The zero-order valence-electron chi connectivity index (χ0n) is 18.8. The molecule has 0 aromatic carbocycles. The topological polar surface area (TPSA) is 231 Å². The van der Waals surface area contributed by atoms with Gasteiger partial charge in [0.25, 0.3) is 0 Å². The summed E-state index contributed by atoms with van der Waals surface area (Å²) in [5, 5.41) is 25.3. The first kappa shape index (κ1) is 30.1. The molecule has 9 N–H and O–H groups in total. The molecule has 188 valence electrons. The summed E-state index contributed by atoms with van der Waals surface area (Å²) >= 11 is 1.37. The van der Waals surface area contributed by atoms with Crippen molar-refractivity contribution in [2.75, 3.05) is 12.0 Å². The van der Waals surface area contributed by atoms with Crippen LogP contribution >= 0.6 is 11.8 Å². The number of hydrogen-bond acceptors (Lipinski definition) is 8. The fraction of sp³-hybridized carbons (Fsp3) is 0.684. The number of carboxylic acid groups (broad SMARTS) is 2. The number of carboxylic acids is 2. The summed E-state index contributed by atoms with van der Waals surface area (Å²) in [5.41, 5.74) is 10.6. The van der Waals surface area contributed by atoms with Crippen LogP contribution in [0.15, 0.2) is 0 Å². The molecule has 13 nitrogen and oxygen atoms in total. The van der Waals surface area contributed by atoms with E-state index in [0.717, 1.165) is 0 Å². The van der Waals surface area contributed by atoms with Gasteiger partial charge in [0.1, 0.15) is 18.1 Å². The Morgan fingerprint density at radius 1 is 0.848 bits per heavy atom. The molecule has 0 aliphatic heterocycles. The van der Waals surface area contributed by atoms with E-state index in [-0.39, 0.29) is 18.8 Å². The lowest BCUT2D eigenvalue weighted by atomic mass is 10.0. The van der Waals surface area contributed by atoms with E-state index in [1.807, 2.05) is 0 Å². The summed E-state index contributed by atoms with van der Waals surface area (Å²) in [7, 11) is 0. The summed E-state index contributed by atoms with van der Waals surface area (Å²) in [6.07, 6.45) is 0.717. The van der Waals surface area contributed by atoms with Crippen molar-refractivity contribution in [1.29, 1.82) is 0 Å². The average Bonchev–Trinajstić information content (AvgIpc) is 2.68. The second-order valence-electron chi connectivity index (χ2n) is 7.81. The van der Waals surface area contributed by atoms with Crippen LogP contribution in [0.5, 0.6) is 0 Å². The van der Waals surface area contributed by atoms with E-state index in [9.17, 15) is 33.9 Å². The molecule has 0 saturated carbocycles. The molecule has 0 bridgehead atoms. The number of hydrogen-bond donors (Lipinski definition) is 7. The van der Waals surface area contributed by atoms with Crippen molar-refractivity contribution in [1.82, 2.24) is 16.0 Å². The van der Waals surface area contributed by atoms with Crippen molar-refractivity contribution >= 4 is 47.3 Å². The fourth-order valence-electron chi connectivity index (χ4n) is 2.71. The van der Waals surface area contributed by atoms with Crippen LogP contribution in [0.4, 0.5) is 0 Å². The molecule has 14 heteroatoms. The zero-order chi connectivity index (χ0) is 25.7. The zero-order valence-corrected chi connectivity index (χ0v) is 19.6. The molecule has 0 fully saturated rings. The van der Waals surface area contributed by atoms with Crippen molar-refractivity contribution in [3.8, 4) is 0 Å². The molecule has 33 heavy (non-hydrogen) atoms. The Labute approximate surface area is 195 Å². The van der Waals surface area contributed by atoms with Crippen molar-refractivity contribution < 1.29 is 39.0 Å². The Hall–Kier alpha value is -2.87. The molecular weight excluding hydrogens is 458 g/mol. The summed E-state index contributed by atoms with van der Waals surface area (Å²) < 4.78 is 0. The smallest absolute Gasteiger partial charge is 0.326 e. The van der Waals surface area contributed by atoms with Gasteiger partial charge < -0.3 is 37.6 Å². The van der Waals surface area contributed by atoms with E-state index in [1.165, 1.54) is 11.8 Å². The standard InChI is InChI=1S/C19H33N5O8S/c1-9(2)6-12(23-16(28)10(20)7-14(21)25)17(29)24-13(8-15(26)27)18(30)22-11(19(31)32)4-5-33-3/h9-13H,4-8,20H2,1-3H3,(H2,21,25)(H,22,30)(H,23,28)(H,24,29)(H,26,27)(H,31,32). The number of primary amides is 1. The third kappa shape index (κ3) is 12.7. The molecule has 4 unspecified atom stereocenters. The summed E-state index contributed by atoms with van der Waals surface area (Å²) in [6, 6.07) is -5.34. The van der Waals surface area contributed by atoms with Gasteiger partial charge in [-0.15, -0.1) is 0 Å². The minimum absolute atomic E-state index is 0.0944. The Morgan fingerprint density at radius 2 is 1.36 bits per heavy atom. The second-order valence-corrected chi connectivity index (χ2v) is 8.79. The highest BCUT2D eigenvalue weighted by Crippen LogP contribution is 2.08. The van der Waals surface area contributed by atoms with Crippen molar-refractivity contribution in [2.45, 2.75) is 63.7 Å². The monoisotopic (exact) mass is 491 g/mol. The molecule has 0 aliphatic carbocycles. The summed E-state index contributed by atoms with van der Waals surface area (Å²) in [4.78, 5) is 71.2. The first-order chi connectivity index (χ1) is 15.3. The van der Waals surface area contributed by atoms with Crippen LogP contribution in [0.1, 0.15) is 39.5 Å². The van der Waals surface area contributed by atoms with Crippen LogP contribution in [0, 0.1) is 5.92 Å². The molecular formula is C19H33N5O8S. The van der Waals surface area contributed by atoms with E-state index in [4.69, 9.17) is 16.6 Å². The van der Waals surface area contributed by atoms with Gasteiger partial charge in [-0.3, -0.25) is 24.0 Å². The molecule has 4 atom stereocenters. The van der Waals surface area contributed by atoms with Crippen molar-refractivity contribution in [2.24, 2.45) is 17.4 Å². The Kier molecular flexibility index (Phi) is 13.7. The molecule has 0 heterocycles. The third-order valence-corrected chi connectivity index (χ3v) is 4.98. The highest BCUT2D eigenvalue weighted by atomic mass is 32.2. The van der Waals surface area contributed by atoms with Gasteiger partial charge in [-0.05, 0) is 30.8 Å². The predicted molar refractivity (Wildman–Crippen MR) is 120 cm³/mol. The number of amides is 4. The normalized spacial score (nSPS) is 14.5. The van der Waals surface area contributed by atoms with Crippen LogP contribution in [0.3, 0.4) is 0 Å². The average molecular weight is 492 g/mol. The van der Waals surface area contributed by atoms with Gasteiger partial charge in [0, 0.05) is 0 Å². The molecule has 4 amide bonds. The van der Waals surface area contributed by atoms with Crippen LogP contribution in [0.25, 0.3) is 0 Å². The molecule has 0 spiro atoms. The Balaban J connectivity index is 5.50. The fourth-order valence-corrected chi connectivity index (χ4v) is 3.18. The van der Waals surface area contributed by atoms with Gasteiger partial charge in [-0.1, -0.05) is 13.8 Å². The van der Waals surface area contributed by atoms with E-state index < -0.39 is 72.6 Å². The summed E-state index contributed by atoms with van der Waals surface area (Å²) in [5.74, 6) is -5.85. The maximum atomic E-state index is 12.8. The molecule has 0 aromatic rings. The molecule has 0 aromatic heterocycles. The van der Waals surface area contributed by atoms with Gasteiger partial charge in [-0.2, -0.15) is 11.8 Å². The highest BCUT2D eigenvalue weighted by Gasteiger charge is 2.32. The van der Waals surface area contributed by atoms with E-state index in [2.05, 4.69) is 16.0 Å². The maximum absolute atomic E-state index is 12.8. The Bertz CT molecular complexity index is 733. The quantitative estimate of drug-likeness (QED) is 0.125. The first-order valence-electron chi connectivity index (χ1n) is 10.2. The predicted octanol–water partition coefficient (Wildman–Crippen LogP) is -2.00. The van der Waals surface area contributed by atoms with Crippen molar-refractivity contribution in [3.05, 3.63) is 0 Å². The molecule has 0 saturated heterocycles. The third-order valence-electron chi connectivity index (χ3n) is 4.33. The van der Waals surface area contributed by atoms with Crippen molar-refractivity contribution in [3.63, 3.8) is 0 Å². The van der Waals surface area contributed by atoms with Gasteiger partial charge >= 0.3 is 11.9 Å². The lowest BCUT2D eigenvalue weighted by Crippen LogP contribution is -2.58. The van der Waals surface area contributed by atoms with E-state index in [0.29, 0.717) is 5.75 Å². The van der Waals surface area contributed by atoms with Gasteiger partial charge in [-0.25, -0.2) is 4.79 Å². The number of nitrogens with one attached hydrogen (secondary N) is 3. The number of thioether (sulfide) groups is 1. The van der Waals surface area contributed by atoms with E-state index in [1.54, 1.807) is 20.1 Å². The van der Waals surface area contributed by atoms with Crippen LogP contribution in [0.2, 0.25) is 0 Å². The molecule has 0 aliphatic rings. The number of carbonyl (C=O) groups excluding carboxylic acids is 4. The largest absolute Gasteiger partial charge is 0.481 e. The van der Waals surface area contributed by atoms with Crippen LogP contribution in [-0.4, -0.2) is 82.0 Å². The minimum atomic E-state index is -1.59. The number of nitrogens with two attached hydrogens (primary N) is 2. The van der Waals surface area contributed by atoms with Gasteiger partial charge in [0.2, 0.25) is 23.6 Å². The lowest BCUT2D eigenvalue weighted by molar-refractivity contribution is -0.143. The highest BCUT2D eigenvalue weighted by molar-refractivity contribution is 7.98. The maximum Gasteiger partial charge on any atom is 0.326 e. The Morgan fingerprint density at radius 3 is 1.82 bits per heavy atom. The lowest BCUT2D eigenvalue weighted by Gasteiger charge is -2.25. The number of aliphatic carboxylic acids is 2. The molecule has 0 rings (SSSR count). The SMILES string of the molecule is CSCCC(NC(=O)C(CC(=O)O)NC(=O)C(CC(C)C)NC(=O)C(N)CC(N)=O)C(=O)O. The van der Waals surface area contributed by atoms with E-state index >= 15 is 0 Å². The van der Waals surface area contributed by atoms with Crippen LogP contribution in [-0.2, 0) is 28.8 Å². The first-order valence-corrected chi connectivity index (χ1v) is 11.6. The minimum Gasteiger partial charge on any atom is -0.481 e. The van der Waals surface area contributed by atoms with Crippen LogP contribution < -0.4 is 27.4 Å². The van der Waals surface area contributed by atoms with Gasteiger partial charge in [0.15, 0.2) is 0 Å². The second kappa shape index (κ2) is 15.1. The van der Waals surface area contributed by atoms with Gasteiger partial charge in [0.05, 0.1) is 18.9 Å². The molecule has 0 radical (unpaired) electrons.